The molecule has 5 heteroatoms. The number of hydrogen-bond acceptors (Lipinski definition) is 3. The first-order chi connectivity index (χ1) is 9.11. The number of carboxylic acid groups (broad SMARTS) is 1. The van der Waals surface area contributed by atoms with Gasteiger partial charge < -0.3 is 14.4 Å². The van der Waals surface area contributed by atoms with Crippen molar-refractivity contribution >= 4 is 11.5 Å². The summed E-state index contributed by atoms with van der Waals surface area (Å²) in [5.74, 6) is -0.811. The standard InChI is InChI=1S/C14H15N3O2/c1-16(7-5-14(18)19)9-11-10-17-6-3-2-4-13(17)12(11)8-15/h2-4,6,10H,5,7,9H2,1H3,(H,18,19). The Balaban J connectivity index is 2.21. The van der Waals surface area contributed by atoms with Crippen LogP contribution in [0.15, 0.2) is 30.6 Å². The van der Waals surface area contributed by atoms with Gasteiger partial charge in [-0.15, -0.1) is 0 Å². The molecule has 0 atom stereocenters. The van der Waals surface area contributed by atoms with Crippen LogP contribution in [-0.2, 0) is 11.3 Å². The molecule has 98 valence electrons. The fourth-order valence-electron chi connectivity index (χ4n) is 2.08. The maximum absolute atomic E-state index is 10.5. The van der Waals surface area contributed by atoms with Crippen LogP contribution in [0.2, 0.25) is 0 Å². The van der Waals surface area contributed by atoms with Gasteiger partial charge in [-0.25, -0.2) is 0 Å². The predicted molar refractivity (Wildman–Crippen MR) is 70.7 cm³/mol. The van der Waals surface area contributed by atoms with Gasteiger partial charge in [-0.1, -0.05) is 6.07 Å². The van der Waals surface area contributed by atoms with E-state index < -0.39 is 5.97 Å². The first-order valence-corrected chi connectivity index (χ1v) is 6.01. The van der Waals surface area contributed by atoms with Crippen molar-refractivity contribution < 1.29 is 9.90 Å². The molecule has 2 heterocycles. The Morgan fingerprint density at radius 2 is 2.32 bits per heavy atom. The van der Waals surface area contributed by atoms with Crippen molar-refractivity contribution in [3.05, 3.63) is 41.7 Å². The van der Waals surface area contributed by atoms with E-state index in [9.17, 15) is 10.1 Å². The summed E-state index contributed by atoms with van der Waals surface area (Å²) >= 11 is 0. The fourth-order valence-corrected chi connectivity index (χ4v) is 2.08. The quantitative estimate of drug-likeness (QED) is 0.885. The Kier molecular flexibility index (Phi) is 3.83. The van der Waals surface area contributed by atoms with Crippen molar-refractivity contribution in [1.82, 2.24) is 9.30 Å². The van der Waals surface area contributed by atoms with Crippen molar-refractivity contribution in [2.24, 2.45) is 0 Å². The number of carbonyl (C=O) groups is 1. The van der Waals surface area contributed by atoms with Crippen LogP contribution in [0.1, 0.15) is 17.5 Å². The van der Waals surface area contributed by atoms with E-state index in [1.165, 1.54) is 0 Å². The summed E-state index contributed by atoms with van der Waals surface area (Å²) in [6, 6.07) is 7.93. The van der Waals surface area contributed by atoms with Gasteiger partial charge in [0.2, 0.25) is 0 Å². The van der Waals surface area contributed by atoms with Crippen molar-refractivity contribution in [2.45, 2.75) is 13.0 Å². The highest BCUT2D eigenvalue weighted by molar-refractivity contribution is 5.67. The zero-order valence-corrected chi connectivity index (χ0v) is 10.7. The third kappa shape index (κ3) is 2.92. The zero-order valence-electron chi connectivity index (χ0n) is 10.7. The van der Waals surface area contributed by atoms with E-state index in [0.717, 1.165) is 11.1 Å². The van der Waals surface area contributed by atoms with Crippen molar-refractivity contribution in [2.75, 3.05) is 13.6 Å². The molecule has 0 saturated carbocycles. The van der Waals surface area contributed by atoms with Gasteiger partial charge in [-0.3, -0.25) is 4.79 Å². The van der Waals surface area contributed by atoms with Crippen LogP contribution in [0.25, 0.3) is 5.52 Å². The molecule has 0 spiro atoms. The zero-order chi connectivity index (χ0) is 13.8. The van der Waals surface area contributed by atoms with Gasteiger partial charge in [-0.2, -0.15) is 5.26 Å². The first kappa shape index (κ1) is 13.1. The van der Waals surface area contributed by atoms with Crippen molar-refractivity contribution in [1.29, 1.82) is 5.26 Å². The number of aliphatic carboxylic acids is 1. The molecule has 2 aromatic heterocycles. The lowest BCUT2D eigenvalue weighted by Gasteiger charge is -2.14. The molecule has 0 amide bonds. The van der Waals surface area contributed by atoms with Crippen molar-refractivity contribution in [3.8, 4) is 6.07 Å². The molecule has 2 aromatic rings. The van der Waals surface area contributed by atoms with Crippen LogP contribution in [0.5, 0.6) is 0 Å². The molecule has 0 radical (unpaired) electrons. The Morgan fingerprint density at radius 1 is 1.53 bits per heavy atom. The van der Waals surface area contributed by atoms with E-state index in [2.05, 4.69) is 6.07 Å². The molecule has 5 nitrogen and oxygen atoms in total. The highest BCUT2D eigenvalue weighted by Crippen LogP contribution is 2.18. The lowest BCUT2D eigenvalue weighted by atomic mass is 10.1. The van der Waals surface area contributed by atoms with Gasteiger partial charge >= 0.3 is 5.97 Å². The fraction of sp³-hybridized carbons (Fsp3) is 0.286. The topological polar surface area (TPSA) is 68.7 Å². The smallest absolute Gasteiger partial charge is 0.304 e. The Bertz CT molecular complexity index is 640. The maximum atomic E-state index is 10.5. The Morgan fingerprint density at radius 3 is 3.00 bits per heavy atom. The second kappa shape index (κ2) is 5.55. The monoisotopic (exact) mass is 257 g/mol. The van der Waals surface area contributed by atoms with Crippen LogP contribution >= 0.6 is 0 Å². The number of pyridine rings is 1. The third-order valence-corrected chi connectivity index (χ3v) is 3.02. The highest BCUT2D eigenvalue weighted by atomic mass is 16.4. The number of hydrogen-bond donors (Lipinski definition) is 1. The van der Waals surface area contributed by atoms with Gasteiger partial charge in [-0.05, 0) is 19.2 Å². The van der Waals surface area contributed by atoms with E-state index in [1.807, 2.05) is 46.9 Å². The molecular formula is C14H15N3O2. The Hall–Kier alpha value is -2.32. The van der Waals surface area contributed by atoms with Crippen LogP contribution < -0.4 is 0 Å². The largest absolute Gasteiger partial charge is 0.481 e. The third-order valence-electron chi connectivity index (χ3n) is 3.02. The highest BCUT2D eigenvalue weighted by Gasteiger charge is 2.12. The van der Waals surface area contributed by atoms with E-state index in [-0.39, 0.29) is 6.42 Å². The minimum atomic E-state index is -0.811. The lowest BCUT2D eigenvalue weighted by Crippen LogP contribution is -2.21. The molecule has 2 rings (SSSR count). The molecule has 0 unspecified atom stereocenters. The minimum Gasteiger partial charge on any atom is -0.481 e. The molecule has 0 aliphatic heterocycles. The van der Waals surface area contributed by atoms with Gasteiger partial charge in [0.15, 0.2) is 0 Å². The number of carboxylic acids is 1. The van der Waals surface area contributed by atoms with Crippen LogP contribution in [0.4, 0.5) is 0 Å². The van der Waals surface area contributed by atoms with Crippen LogP contribution in [-0.4, -0.2) is 34.0 Å². The molecule has 0 saturated heterocycles. The molecule has 0 aliphatic carbocycles. The SMILES string of the molecule is CN(CCC(=O)O)Cc1cn2ccccc2c1C#N. The summed E-state index contributed by atoms with van der Waals surface area (Å²) in [7, 11) is 1.85. The molecule has 1 N–H and O–H groups in total. The summed E-state index contributed by atoms with van der Waals surface area (Å²) in [4.78, 5) is 12.4. The van der Waals surface area contributed by atoms with Crippen molar-refractivity contribution in [3.63, 3.8) is 0 Å². The van der Waals surface area contributed by atoms with Gasteiger partial charge in [0.1, 0.15) is 6.07 Å². The maximum Gasteiger partial charge on any atom is 0.304 e. The second-order valence-electron chi connectivity index (χ2n) is 4.52. The van der Waals surface area contributed by atoms with Gasteiger partial charge in [0.25, 0.3) is 0 Å². The number of fused-ring (bicyclic) bond motifs is 1. The molecule has 0 aromatic carbocycles. The molecule has 0 fully saturated rings. The van der Waals surface area contributed by atoms with Gasteiger partial charge in [0, 0.05) is 31.0 Å². The minimum absolute atomic E-state index is 0.103. The van der Waals surface area contributed by atoms with Gasteiger partial charge in [0.05, 0.1) is 17.5 Å². The van der Waals surface area contributed by atoms with Crippen LogP contribution in [0, 0.1) is 11.3 Å². The molecule has 19 heavy (non-hydrogen) atoms. The second-order valence-corrected chi connectivity index (χ2v) is 4.52. The van der Waals surface area contributed by atoms with E-state index in [1.54, 1.807) is 0 Å². The molecular weight excluding hydrogens is 242 g/mol. The number of aromatic nitrogens is 1. The summed E-state index contributed by atoms with van der Waals surface area (Å²) < 4.78 is 1.92. The number of nitriles is 1. The predicted octanol–water partition coefficient (Wildman–Crippen LogP) is 1.72. The Labute approximate surface area is 111 Å². The van der Waals surface area contributed by atoms with E-state index in [0.29, 0.717) is 18.7 Å². The summed E-state index contributed by atoms with van der Waals surface area (Å²) in [6.07, 6.45) is 3.92. The lowest BCUT2D eigenvalue weighted by molar-refractivity contribution is -0.137. The number of nitrogens with zero attached hydrogens (tertiary/aromatic N) is 3. The first-order valence-electron chi connectivity index (χ1n) is 6.01. The van der Waals surface area contributed by atoms with Crippen LogP contribution in [0.3, 0.4) is 0 Å². The average Bonchev–Trinajstić information content (AvgIpc) is 2.73. The van der Waals surface area contributed by atoms with E-state index in [4.69, 9.17) is 5.11 Å². The normalized spacial score (nSPS) is 10.8. The molecule has 0 aliphatic rings. The number of rotatable bonds is 5. The molecule has 0 bridgehead atoms. The summed E-state index contributed by atoms with van der Waals surface area (Å²) in [5.41, 5.74) is 2.45. The average molecular weight is 257 g/mol. The summed E-state index contributed by atoms with van der Waals surface area (Å²) in [6.45, 7) is 1.03. The van der Waals surface area contributed by atoms with E-state index >= 15 is 0 Å². The summed E-state index contributed by atoms with van der Waals surface area (Å²) in [5, 5.41) is 17.9.